The van der Waals surface area contributed by atoms with E-state index in [0.29, 0.717) is 12.0 Å². The fourth-order valence-electron chi connectivity index (χ4n) is 2.55. The van der Waals surface area contributed by atoms with Gasteiger partial charge in [-0.05, 0) is 33.2 Å². The summed E-state index contributed by atoms with van der Waals surface area (Å²) in [5.74, 6) is 1.55. The predicted molar refractivity (Wildman–Crippen MR) is 65.0 cm³/mol. The molecular formula is C12H17N5. The van der Waals surface area contributed by atoms with Crippen molar-refractivity contribution < 1.29 is 0 Å². The van der Waals surface area contributed by atoms with Crippen molar-refractivity contribution in [2.45, 2.75) is 38.6 Å². The SMILES string of the molecule is Cc1cc2nnc(C3CCNC(C)C3)n2cn1. The van der Waals surface area contributed by atoms with Gasteiger partial charge in [0.15, 0.2) is 5.65 Å². The van der Waals surface area contributed by atoms with Crippen molar-refractivity contribution in [2.75, 3.05) is 6.54 Å². The van der Waals surface area contributed by atoms with Crippen LogP contribution in [-0.2, 0) is 0 Å². The van der Waals surface area contributed by atoms with Gasteiger partial charge in [-0.1, -0.05) is 0 Å². The van der Waals surface area contributed by atoms with Crippen molar-refractivity contribution in [3.63, 3.8) is 0 Å². The monoisotopic (exact) mass is 231 g/mol. The third kappa shape index (κ3) is 1.91. The molecule has 2 unspecified atom stereocenters. The van der Waals surface area contributed by atoms with Gasteiger partial charge < -0.3 is 5.32 Å². The number of hydrogen-bond acceptors (Lipinski definition) is 4. The van der Waals surface area contributed by atoms with Gasteiger partial charge in [0.05, 0.1) is 0 Å². The van der Waals surface area contributed by atoms with Crippen LogP contribution in [0.15, 0.2) is 12.4 Å². The average molecular weight is 231 g/mol. The summed E-state index contributed by atoms with van der Waals surface area (Å²) in [6.07, 6.45) is 4.08. The molecular weight excluding hydrogens is 214 g/mol. The molecule has 0 spiro atoms. The third-order valence-corrected chi connectivity index (χ3v) is 3.45. The molecule has 1 aliphatic heterocycles. The molecule has 3 rings (SSSR count). The quantitative estimate of drug-likeness (QED) is 0.803. The van der Waals surface area contributed by atoms with E-state index in [2.05, 4.69) is 27.4 Å². The second-order valence-electron chi connectivity index (χ2n) is 4.89. The summed E-state index contributed by atoms with van der Waals surface area (Å²) < 4.78 is 2.02. The lowest BCUT2D eigenvalue weighted by Gasteiger charge is -2.26. The number of nitrogens with one attached hydrogen (secondary N) is 1. The second kappa shape index (κ2) is 4.07. The highest BCUT2D eigenvalue weighted by molar-refractivity contribution is 5.38. The fraction of sp³-hybridized carbons (Fsp3) is 0.583. The van der Waals surface area contributed by atoms with Crippen LogP contribution in [0.1, 0.15) is 37.2 Å². The Hall–Kier alpha value is -1.49. The highest BCUT2D eigenvalue weighted by atomic mass is 15.3. The Kier molecular flexibility index (Phi) is 2.55. The first kappa shape index (κ1) is 10.7. The maximum absolute atomic E-state index is 4.34. The van der Waals surface area contributed by atoms with Crippen LogP contribution in [0.25, 0.3) is 5.65 Å². The summed E-state index contributed by atoms with van der Waals surface area (Å²) in [7, 11) is 0. The average Bonchev–Trinajstić information content (AvgIpc) is 2.71. The molecule has 0 radical (unpaired) electrons. The molecule has 1 aliphatic rings. The van der Waals surface area contributed by atoms with Crippen LogP contribution in [0.4, 0.5) is 0 Å². The van der Waals surface area contributed by atoms with Crippen LogP contribution in [0.2, 0.25) is 0 Å². The smallest absolute Gasteiger partial charge is 0.163 e. The molecule has 0 saturated carbocycles. The number of hydrogen-bond donors (Lipinski definition) is 1. The minimum atomic E-state index is 0.491. The number of rotatable bonds is 1. The van der Waals surface area contributed by atoms with Gasteiger partial charge >= 0.3 is 0 Å². The lowest BCUT2D eigenvalue weighted by molar-refractivity contribution is 0.369. The van der Waals surface area contributed by atoms with E-state index in [0.717, 1.165) is 36.6 Å². The highest BCUT2D eigenvalue weighted by Crippen LogP contribution is 2.26. The second-order valence-corrected chi connectivity index (χ2v) is 4.89. The van der Waals surface area contributed by atoms with Crippen LogP contribution in [-0.4, -0.2) is 32.2 Å². The normalized spacial score (nSPS) is 25.3. The van der Waals surface area contributed by atoms with E-state index in [1.807, 2.05) is 23.7 Å². The predicted octanol–water partition coefficient (Wildman–Crippen LogP) is 1.29. The summed E-state index contributed by atoms with van der Waals surface area (Å²) in [6, 6.07) is 2.53. The highest BCUT2D eigenvalue weighted by Gasteiger charge is 2.24. The Morgan fingerprint density at radius 1 is 1.41 bits per heavy atom. The van der Waals surface area contributed by atoms with Crippen LogP contribution in [0, 0.1) is 6.92 Å². The zero-order chi connectivity index (χ0) is 11.8. The molecule has 0 aromatic carbocycles. The topological polar surface area (TPSA) is 55.1 Å². The van der Waals surface area contributed by atoms with Crippen LogP contribution >= 0.6 is 0 Å². The van der Waals surface area contributed by atoms with Crippen molar-refractivity contribution in [3.05, 3.63) is 23.9 Å². The van der Waals surface area contributed by atoms with Crippen LogP contribution in [0.3, 0.4) is 0 Å². The van der Waals surface area contributed by atoms with Gasteiger partial charge in [0.2, 0.25) is 0 Å². The largest absolute Gasteiger partial charge is 0.314 e. The zero-order valence-corrected chi connectivity index (χ0v) is 10.2. The van der Waals surface area contributed by atoms with Gasteiger partial charge in [-0.15, -0.1) is 10.2 Å². The minimum absolute atomic E-state index is 0.491. The van der Waals surface area contributed by atoms with E-state index >= 15 is 0 Å². The van der Waals surface area contributed by atoms with Crippen LogP contribution in [0.5, 0.6) is 0 Å². The minimum Gasteiger partial charge on any atom is -0.314 e. The van der Waals surface area contributed by atoms with Crippen molar-refractivity contribution in [3.8, 4) is 0 Å². The number of aryl methyl sites for hydroxylation is 1. The molecule has 90 valence electrons. The van der Waals surface area contributed by atoms with Gasteiger partial charge in [0.1, 0.15) is 12.2 Å². The molecule has 17 heavy (non-hydrogen) atoms. The number of piperidine rings is 1. The summed E-state index contributed by atoms with van der Waals surface area (Å²) in [5, 5.41) is 12.0. The Labute approximate surface area is 100 Å². The molecule has 2 aromatic rings. The molecule has 1 fully saturated rings. The molecule has 0 aliphatic carbocycles. The summed E-state index contributed by atoms with van der Waals surface area (Å²) in [4.78, 5) is 4.32. The fourth-order valence-corrected chi connectivity index (χ4v) is 2.55. The summed E-state index contributed by atoms with van der Waals surface area (Å²) >= 11 is 0. The molecule has 2 aromatic heterocycles. The van der Waals surface area contributed by atoms with Gasteiger partial charge in [0, 0.05) is 23.7 Å². The Balaban J connectivity index is 1.99. The maximum Gasteiger partial charge on any atom is 0.163 e. The van der Waals surface area contributed by atoms with E-state index < -0.39 is 0 Å². The van der Waals surface area contributed by atoms with E-state index in [-0.39, 0.29) is 0 Å². The number of aromatic nitrogens is 4. The summed E-state index contributed by atoms with van der Waals surface area (Å²) in [6.45, 7) is 5.25. The van der Waals surface area contributed by atoms with Gasteiger partial charge in [0.25, 0.3) is 0 Å². The number of nitrogens with zero attached hydrogens (tertiary/aromatic N) is 4. The van der Waals surface area contributed by atoms with E-state index in [1.54, 1.807) is 0 Å². The van der Waals surface area contributed by atoms with Gasteiger partial charge in [-0.25, -0.2) is 4.98 Å². The summed E-state index contributed by atoms with van der Waals surface area (Å²) in [5.41, 5.74) is 1.88. The standard InChI is InChI=1S/C12H17N5/c1-8-5-10(3-4-13-8)12-16-15-11-6-9(2)14-7-17(11)12/h6-8,10,13H,3-5H2,1-2H3. The van der Waals surface area contributed by atoms with Crippen molar-refractivity contribution in [2.24, 2.45) is 0 Å². The first-order valence-corrected chi connectivity index (χ1v) is 6.14. The lowest BCUT2D eigenvalue weighted by Crippen LogP contribution is -2.35. The van der Waals surface area contributed by atoms with Gasteiger partial charge in [-0.3, -0.25) is 4.40 Å². The third-order valence-electron chi connectivity index (χ3n) is 3.45. The maximum atomic E-state index is 4.34. The van der Waals surface area contributed by atoms with Crippen molar-refractivity contribution in [1.29, 1.82) is 0 Å². The molecule has 2 atom stereocenters. The van der Waals surface area contributed by atoms with E-state index in [9.17, 15) is 0 Å². The first-order valence-electron chi connectivity index (χ1n) is 6.14. The molecule has 0 amide bonds. The molecule has 1 saturated heterocycles. The van der Waals surface area contributed by atoms with Crippen LogP contribution < -0.4 is 5.32 Å². The Bertz CT molecular complexity index is 533. The molecule has 5 nitrogen and oxygen atoms in total. The first-order chi connectivity index (χ1) is 8.24. The Morgan fingerprint density at radius 3 is 3.12 bits per heavy atom. The molecule has 0 bridgehead atoms. The molecule has 1 N–H and O–H groups in total. The van der Waals surface area contributed by atoms with Crippen molar-refractivity contribution in [1.82, 2.24) is 24.9 Å². The van der Waals surface area contributed by atoms with E-state index in [1.165, 1.54) is 0 Å². The van der Waals surface area contributed by atoms with E-state index in [4.69, 9.17) is 0 Å². The zero-order valence-electron chi connectivity index (χ0n) is 10.2. The number of fused-ring (bicyclic) bond motifs is 1. The van der Waals surface area contributed by atoms with Gasteiger partial charge in [-0.2, -0.15) is 0 Å². The molecule has 3 heterocycles. The van der Waals surface area contributed by atoms with Crippen molar-refractivity contribution >= 4 is 5.65 Å². The lowest BCUT2D eigenvalue weighted by atomic mass is 9.92. The Morgan fingerprint density at radius 2 is 2.29 bits per heavy atom. The molecule has 5 heteroatoms.